The Morgan fingerprint density at radius 3 is 2.55 bits per heavy atom. The second-order valence-electron chi connectivity index (χ2n) is 6.31. The predicted molar refractivity (Wildman–Crippen MR) is 85.2 cm³/mol. The van der Waals surface area contributed by atoms with Crippen LogP contribution >= 0.6 is 0 Å². The molecule has 0 radical (unpaired) electrons. The van der Waals surface area contributed by atoms with E-state index < -0.39 is 0 Å². The van der Waals surface area contributed by atoms with Gasteiger partial charge in [-0.25, -0.2) is 0 Å². The molecule has 1 aromatic rings. The summed E-state index contributed by atoms with van der Waals surface area (Å²) in [5, 5.41) is 0. The summed E-state index contributed by atoms with van der Waals surface area (Å²) in [7, 11) is 0. The molecule has 0 aliphatic carbocycles. The van der Waals surface area contributed by atoms with Crippen molar-refractivity contribution < 1.29 is 4.74 Å². The fraction of sp³-hybridized carbons (Fsp3) is 0.667. The molecule has 112 valence electrons. The number of ether oxygens (including phenoxy) is 1. The molecule has 0 amide bonds. The Bertz CT molecular complexity index is 404. The van der Waals surface area contributed by atoms with Crippen LogP contribution in [-0.2, 0) is 6.42 Å². The van der Waals surface area contributed by atoms with Crippen molar-refractivity contribution in [3.8, 4) is 5.75 Å². The van der Waals surface area contributed by atoms with Gasteiger partial charge in [0.25, 0.3) is 0 Å². The average Bonchev–Trinajstić information content (AvgIpc) is 2.46. The lowest BCUT2D eigenvalue weighted by Gasteiger charge is -2.34. The van der Waals surface area contributed by atoms with Crippen molar-refractivity contribution in [3.63, 3.8) is 0 Å². The van der Waals surface area contributed by atoms with Crippen molar-refractivity contribution in [2.75, 3.05) is 6.61 Å². The van der Waals surface area contributed by atoms with Crippen LogP contribution in [0.25, 0.3) is 0 Å². The van der Waals surface area contributed by atoms with Crippen molar-refractivity contribution in [2.24, 2.45) is 5.73 Å². The molecule has 20 heavy (non-hydrogen) atoms. The number of nitrogens with two attached hydrogens (primary N) is 1. The Morgan fingerprint density at radius 1 is 1.05 bits per heavy atom. The molecule has 2 rings (SSSR count). The van der Waals surface area contributed by atoms with Crippen molar-refractivity contribution in [1.29, 1.82) is 0 Å². The summed E-state index contributed by atoms with van der Waals surface area (Å²) in [6.45, 7) is 2.93. The van der Waals surface area contributed by atoms with Crippen molar-refractivity contribution >= 4 is 0 Å². The van der Waals surface area contributed by atoms with E-state index in [0.29, 0.717) is 6.61 Å². The van der Waals surface area contributed by atoms with Crippen LogP contribution in [0, 0.1) is 0 Å². The van der Waals surface area contributed by atoms with Gasteiger partial charge in [0, 0.05) is 0 Å². The van der Waals surface area contributed by atoms with Crippen LogP contribution < -0.4 is 10.5 Å². The first-order valence-electron chi connectivity index (χ1n) is 8.23. The van der Waals surface area contributed by atoms with Gasteiger partial charge in [-0.1, -0.05) is 70.1 Å². The Balaban J connectivity index is 1.68. The van der Waals surface area contributed by atoms with Crippen LogP contribution in [0.4, 0.5) is 0 Å². The number of para-hydroxylation sites is 1. The normalized spacial score (nSPS) is 21.3. The minimum absolute atomic E-state index is 0.155. The third kappa shape index (κ3) is 4.52. The topological polar surface area (TPSA) is 35.2 Å². The predicted octanol–water partition coefficient (Wildman–Crippen LogP) is 4.46. The molecule has 1 aliphatic heterocycles. The fourth-order valence-electron chi connectivity index (χ4n) is 3.04. The Hall–Kier alpha value is -1.02. The molecule has 1 aromatic carbocycles. The molecule has 0 bridgehead atoms. The molecular weight excluding hydrogens is 246 g/mol. The van der Waals surface area contributed by atoms with Gasteiger partial charge in [0.05, 0.1) is 5.54 Å². The summed E-state index contributed by atoms with van der Waals surface area (Å²) in [4.78, 5) is 0. The molecule has 2 nitrogen and oxygen atoms in total. The summed E-state index contributed by atoms with van der Waals surface area (Å²) in [6.07, 6.45) is 11.4. The zero-order valence-electron chi connectivity index (χ0n) is 12.9. The Labute approximate surface area is 123 Å². The molecule has 0 fully saturated rings. The first kappa shape index (κ1) is 15.4. The largest absolute Gasteiger partial charge is 0.491 e. The summed E-state index contributed by atoms with van der Waals surface area (Å²) in [6, 6.07) is 8.28. The van der Waals surface area contributed by atoms with E-state index >= 15 is 0 Å². The first-order valence-corrected chi connectivity index (χ1v) is 8.23. The number of hydrogen-bond donors (Lipinski definition) is 1. The second-order valence-corrected chi connectivity index (χ2v) is 6.31. The first-order chi connectivity index (χ1) is 9.73. The van der Waals surface area contributed by atoms with Crippen LogP contribution in [-0.4, -0.2) is 12.1 Å². The standard InChI is InChI=1S/C18H29NO/c1-2-3-4-5-6-7-10-13-18(19)14-16-11-8-9-12-17(16)20-15-18/h8-9,11-12H,2-7,10,13-15,19H2,1H3. The van der Waals surface area contributed by atoms with Gasteiger partial charge in [0.15, 0.2) is 0 Å². The van der Waals surface area contributed by atoms with Crippen LogP contribution in [0.1, 0.15) is 63.9 Å². The van der Waals surface area contributed by atoms with E-state index in [-0.39, 0.29) is 5.54 Å². The highest BCUT2D eigenvalue weighted by Gasteiger charge is 2.31. The summed E-state index contributed by atoms with van der Waals surface area (Å²) >= 11 is 0. The number of rotatable bonds is 8. The van der Waals surface area contributed by atoms with E-state index in [2.05, 4.69) is 19.1 Å². The van der Waals surface area contributed by atoms with Gasteiger partial charge in [0.1, 0.15) is 12.4 Å². The molecule has 0 aromatic heterocycles. The maximum atomic E-state index is 6.51. The third-order valence-corrected chi connectivity index (χ3v) is 4.31. The maximum Gasteiger partial charge on any atom is 0.122 e. The van der Waals surface area contributed by atoms with Crippen LogP contribution in [0.2, 0.25) is 0 Å². The van der Waals surface area contributed by atoms with Crippen LogP contribution in [0.3, 0.4) is 0 Å². The van der Waals surface area contributed by atoms with E-state index in [1.54, 1.807) is 0 Å². The number of fused-ring (bicyclic) bond motifs is 1. The molecule has 2 heteroatoms. The van der Waals surface area contributed by atoms with Gasteiger partial charge in [0.2, 0.25) is 0 Å². The van der Waals surface area contributed by atoms with E-state index in [4.69, 9.17) is 10.5 Å². The molecule has 1 aliphatic rings. The highest BCUT2D eigenvalue weighted by Crippen LogP contribution is 2.30. The Kier molecular flexibility index (Phi) is 5.90. The van der Waals surface area contributed by atoms with Crippen molar-refractivity contribution in [1.82, 2.24) is 0 Å². The van der Waals surface area contributed by atoms with Gasteiger partial charge in [-0.05, 0) is 24.5 Å². The molecule has 0 saturated carbocycles. The number of unbranched alkanes of at least 4 members (excludes halogenated alkanes) is 6. The highest BCUT2D eigenvalue weighted by molar-refractivity contribution is 5.36. The number of benzene rings is 1. The van der Waals surface area contributed by atoms with Gasteiger partial charge >= 0.3 is 0 Å². The molecule has 0 spiro atoms. The summed E-state index contributed by atoms with van der Waals surface area (Å²) in [5.41, 5.74) is 7.62. The number of hydrogen-bond acceptors (Lipinski definition) is 2. The van der Waals surface area contributed by atoms with Crippen LogP contribution in [0.15, 0.2) is 24.3 Å². The average molecular weight is 275 g/mol. The third-order valence-electron chi connectivity index (χ3n) is 4.31. The molecule has 1 heterocycles. The quantitative estimate of drug-likeness (QED) is 0.711. The lowest BCUT2D eigenvalue weighted by atomic mass is 9.85. The van der Waals surface area contributed by atoms with E-state index in [1.807, 2.05) is 12.1 Å². The molecule has 2 N–H and O–H groups in total. The van der Waals surface area contributed by atoms with Gasteiger partial charge in [-0.15, -0.1) is 0 Å². The fourth-order valence-corrected chi connectivity index (χ4v) is 3.04. The minimum atomic E-state index is -0.155. The molecule has 1 atom stereocenters. The molecule has 1 unspecified atom stereocenters. The summed E-state index contributed by atoms with van der Waals surface area (Å²) < 4.78 is 5.82. The maximum absolute atomic E-state index is 6.51. The van der Waals surface area contributed by atoms with Crippen molar-refractivity contribution in [3.05, 3.63) is 29.8 Å². The van der Waals surface area contributed by atoms with Gasteiger partial charge in [-0.2, -0.15) is 0 Å². The lowest BCUT2D eigenvalue weighted by Crippen LogP contribution is -2.49. The van der Waals surface area contributed by atoms with Crippen LogP contribution in [0.5, 0.6) is 5.75 Å². The van der Waals surface area contributed by atoms with Gasteiger partial charge < -0.3 is 10.5 Å². The zero-order chi connectivity index (χ0) is 14.3. The minimum Gasteiger partial charge on any atom is -0.491 e. The zero-order valence-corrected chi connectivity index (χ0v) is 12.9. The SMILES string of the molecule is CCCCCCCCCC1(N)COc2ccccc2C1. The van der Waals surface area contributed by atoms with E-state index in [1.165, 1.54) is 50.5 Å². The lowest BCUT2D eigenvalue weighted by molar-refractivity contribution is 0.178. The highest BCUT2D eigenvalue weighted by atomic mass is 16.5. The Morgan fingerprint density at radius 2 is 1.75 bits per heavy atom. The monoisotopic (exact) mass is 275 g/mol. The van der Waals surface area contributed by atoms with E-state index in [9.17, 15) is 0 Å². The molecule has 0 saturated heterocycles. The van der Waals surface area contributed by atoms with E-state index in [0.717, 1.165) is 18.6 Å². The van der Waals surface area contributed by atoms with Gasteiger partial charge in [-0.3, -0.25) is 0 Å². The smallest absolute Gasteiger partial charge is 0.122 e. The summed E-state index contributed by atoms with van der Waals surface area (Å²) in [5.74, 6) is 1.02. The second kappa shape index (κ2) is 7.68. The van der Waals surface area contributed by atoms with Crippen molar-refractivity contribution in [2.45, 2.75) is 70.3 Å². The molecular formula is C18H29NO.